The van der Waals surface area contributed by atoms with Crippen LogP contribution in [0.25, 0.3) is 0 Å². The van der Waals surface area contributed by atoms with E-state index in [0.29, 0.717) is 41.7 Å². The Labute approximate surface area is 158 Å². The predicted molar refractivity (Wildman–Crippen MR) is 95.4 cm³/mol. The highest BCUT2D eigenvalue weighted by Crippen LogP contribution is 2.25. The van der Waals surface area contributed by atoms with Crippen LogP contribution in [0.1, 0.15) is 23.2 Å². The second-order valence-electron chi connectivity index (χ2n) is 6.01. The van der Waals surface area contributed by atoms with Crippen LogP contribution in [-0.2, 0) is 4.79 Å². The topological polar surface area (TPSA) is 71.8 Å². The number of hydrogen-bond donors (Lipinski definition) is 1. The average molecular weight is 425 g/mol. The van der Waals surface area contributed by atoms with E-state index in [1.165, 1.54) is 30.7 Å². The number of rotatable bonds is 5. The van der Waals surface area contributed by atoms with Crippen molar-refractivity contribution >= 4 is 27.7 Å². The number of amides is 2. The minimum atomic E-state index is -0.384. The van der Waals surface area contributed by atoms with Crippen molar-refractivity contribution in [1.29, 1.82) is 0 Å². The fourth-order valence-corrected chi connectivity index (χ4v) is 3.27. The number of piperidine rings is 1. The minimum Gasteiger partial charge on any atom is -0.483 e. The molecule has 0 saturated carbocycles. The molecule has 0 spiro atoms. The van der Waals surface area contributed by atoms with E-state index in [2.05, 4.69) is 21.2 Å². The Balaban J connectivity index is 1.42. The maximum Gasteiger partial charge on any atom is 0.258 e. The highest BCUT2D eigenvalue weighted by atomic mass is 79.9. The van der Waals surface area contributed by atoms with Gasteiger partial charge in [0.25, 0.3) is 11.8 Å². The molecule has 1 fully saturated rings. The van der Waals surface area contributed by atoms with Crippen LogP contribution in [0.5, 0.6) is 5.75 Å². The van der Waals surface area contributed by atoms with E-state index in [1.807, 2.05) is 0 Å². The molecule has 2 aromatic rings. The number of nitrogens with one attached hydrogen (secondary N) is 1. The summed E-state index contributed by atoms with van der Waals surface area (Å²) in [6, 6.07) is 5.65. The number of halogens is 2. The normalized spacial score (nSPS) is 14.9. The number of carbonyl (C=O) groups is 2. The van der Waals surface area contributed by atoms with Crippen molar-refractivity contribution in [2.75, 3.05) is 19.7 Å². The molecule has 2 heterocycles. The van der Waals surface area contributed by atoms with Crippen LogP contribution in [0.15, 0.2) is 45.7 Å². The zero-order valence-corrected chi connectivity index (χ0v) is 15.5. The third kappa shape index (κ3) is 4.63. The molecule has 6 nitrogen and oxygen atoms in total. The number of carbonyl (C=O) groups excluding carboxylic acids is 2. The van der Waals surface area contributed by atoms with Crippen molar-refractivity contribution in [3.8, 4) is 5.75 Å². The molecule has 2 amide bonds. The molecular formula is C18H18BrFN2O4. The smallest absolute Gasteiger partial charge is 0.258 e. The van der Waals surface area contributed by atoms with Gasteiger partial charge in [-0.2, -0.15) is 0 Å². The molecule has 1 aliphatic rings. The Morgan fingerprint density at radius 2 is 2.08 bits per heavy atom. The van der Waals surface area contributed by atoms with Crippen molar-refractivity contribution in [1.82, 2.24) is 10.2 Å². The minimum absolute atomic E-state index is 0.00356. The summed E-state index contributed by atoms with van der Waals surface area (Å²) >= 11 is 3.19. The van der Waals surface area contributed by atoms with Crippen molar-refractivity contribution in [3.63, 3.8) is 0 Å². The van der Waals surface area contributed by atoms with Crippen molar-refractivity contribution in [3.05, 3.63) is 52.6 Å². The first-order valence-electron chi connectivity index (χ1n) is 8.21. The van der Waals surface area contributed by atoms with Gasteiger partial charge in [-0.1, -0.05) is 0 Å². The van der Waals surface area contributed by atoms with E-state index in [-0.39, 0.29) is 30.3 Å². The first-order valence-corrected chi connectivity index (χ1v) is 9.01. The van der Waals surface area contributed by atoms with Gasteiger partial charge in [0, 0.05) is 19.1 Å². The molecule has 1 N–H and O–H groups in total. The molecule has 0 bridgehead atoms. The van der Waals surface area contributed by atoms with Gasteiger partial charge in [0.05, 0.1) is 16.3 Å². The van der Waals surface area contributed by atoms with E-state index >= 15 is 0 Å². The van der Waals surface area contributed by atoms with Crippen LogP contribution in [0.3, 0.4) is 0 Å². The number of likely N-dealkylation sites (tertiary alicyclic amines) is 1. The highest BCUT2D eigenvalue weighted by Gasteiger charge is 2.25. The molecular weight excluding hydrogens is 407 g/mol. The lowest BCUT2D eigenvalue weighted by Gasteiger charge is -2.32. The van der Waals surface area contributed by atoms with Gasteiger partial charge in [-0.15, -0.1) is 0 Å². The predicted octanol–water partition coefficient (Wildman–Crippen LogP) is 2.98. The fraction of sp³-hybridized carbons (Fsp3) is 0.333. The van der Waals surface area contributed by atoms with E-state index in [4.69, 9.17) is 9.15 Å². The summed E-state index contributed by atoms with van der Waals surface area (Å²) in [6.45, 7) is 0.983. The van der Waals surface area contributed by atoms with Crippen molar-refractivity contribution in [2.45, 2.75) is 18.9 Å². The van der Waals surface area contributed by atoms with Crippen LogP contribution in [0, 0.1) is 5.82 Å². The summed E-state index contributed by atoms with van der Waals surface area (Å²) < 4.78 is 23.8. The molecule has 0 radical (unpaired) electrons. The van der Waals surface area contributed by atoms with Crippen LogP contribution in [0.2, 0.25) is 0 Å². The lowest BCUT2D eigenvalue weighted by atomic mass is 10.0. The SMILES string of the molecule is O=C(COc1ccc(F)cc1Br)NC1CCN(C(=O)c2ccoc2)CC1. The Hall–Kier alpha value is -2.35. The maximum absolute atomic E-state index is 13.0. The standard InChI is InChI=1S/C18H18BrFN2O4/c19-15-9-13(20)1-2-16(15)26-11-17(23)21-14-3-6-22(7-4-14)18(24)12-5-8-25-10-12/h1-2,5,8-10,14H,3-4,6-7,11H2,(H,21,23). The summed E-state index contributed by atoms with van der Waals surface area (Å²) in [4.78, 5) is 26.0. The lowest BCUT2D eigenvalue weighted by Crippen LogP contribution is -2.47. The summed E-state index contributed by atoms with van der Waals surface area (Å²) in [5.41, 5.74) is 0.533. The molecule has 0 atom stereocenters. The highest BCUT2D eigenvalue weighted by molar-refractivity contribution is 9.10. The Morgan fingerprint density at radius 1 is 1.31 bits per heavy atom. The van der Waals surface area contributed by atoms with Gasteiger partial charge in [-0.05, 0) is 53.0 Å². The summed E-state index contributed by atoms with van der Waals surface area (Å²) in [7, 11) is 0. The molecule has 0 aliphatic carbocycles. The molecule has 8 heteroatoms. The molecule has 1 aromatic carbocycles. The number of hydrogen-bond acceptors (Lipinski definition) is 4. The van der Waals surface area contributed by atoms with E-state index < -0.39 is 0 Å². The summed E-state index contributed by atoms with van der Waals surface area (Å²) in [5.74, 6) is -0.290. The van der Waals surface area contributed by atoms with E-state index in [9.17, 15) is 14.0 Å². The van der Waals surface area contributed by atoms with Gasteiger partial charge in [-0.25, -0.2) is 4.39 Å². The quantitative estimate of drug-likeness (QED) is 0.800. The lowest BCUT2D eigenvalue weighted by molar-refractivity contribution is -0.124. The molecule has 1 aromatic heterocycles. The molecule has 0 unspecified atom stereocenters. The Kier molecular flexibility index (Phi) is 5.92. The Morgan fingerprint density at radius 3 is 2.73 bits per heavy atom. The second kappa shape index (κ2) is 8.35. The molecule has 1 aliphatic heterocycles. The molecule has 1 saturated heterocycles. The van der Waals surface area contributed by atoms with E-state index in [1.54, 1.807) is 11.0 Å². The molecule has 3 rings (SSSR count). The fourth-order valence-electron chi connectivity index (χ4n) is 2.80. The zero-order chi connectivity index (χ0) is 18.5. The first-order chi connectivity index (χ1) is 12.5. The molecule has 26 heavy (non-hydrogen) atoms. The van der Waals surface area contributed by atoms with Gasteiger partial charge in [-0.3, -0.25) is 9.59 Å². The monoisotopic (exact) mass is 424 g/mol. The van der Waals surface area contributed by atoms with Crippen molar-refractivity contribution in [2.24, 2.45) is 0 Å². The summed E-state index contributed by atoms with van der Waals surface area (Å²) in [5, 5.41) is 2.90. The third-order valence-corrected chi connectivity index (χ3v) is 4.79. The number of furan rings is 1. The summed E-state index contributed by atoms with van der Waals surface area (Å²) in [6.07, 6.45) is 4.26. The van der Waals surface area contributed by atoms with Crippen LogP contribution in [-0.4, -0.2) is 42.5 Å². The number of ether oxygens (including phenoxy) is 1. The zero-order valence-electron chi connectivity index (χ0n) is 13.9. The third-order valence-electron chi connectivity index (χ3n) is 4.17. The largest absolute Gasteiger partial charge is 0.483 e. The number of benzene rings is 1. The second-order valence-corrected chi connectivity index (χ2v) is 6.86. The number of nitrogens with zero attached hydrogens (tertiary/aromatic N) is 1. The van der Waals surface area contributed by atoms with Gasteiger partial charge in [0.1, 0.15) is 17.8 Å². The Bertz CT molecular complexity index is 774. The van der Waals surface area contributed by atoms with Gasteiger partial charge >= 0.3 is 0 Å². The average Bonchev–Trinajstić information content (AvgIpc) is 3.16. The van der Waals surface area contributed by atoms with Crippen LogP contribution in [0.4, 0.5) is 4.39 Å². The first kappa shape index (κ1) is 18.4. The van der Waals surface area contributed by atoms with Crippen LogP contribution >= 0.6 is 15.9 Å². The van der Waals surface area contributed by atoms with Gasteiger partial charge in [0.15, 0.2) is 6.61 Å². The van der Waals surface area contributed by atoms with Crippen LogP contribution < -0.4 is 10.1 Å². The van der Waals surface area contributed by atoms with E-state index in [0.717, 1.165) is 0 Å². The molecule has 138 valence electrons. The maximum atomic E-state index is 13.0. The van der Waals surface area contributed by atoms with Crippen molar-refractivity contribution < 1.29 is 23.1 Å². The van der Waals surface area contributed by atoms with Gasteiger partial charge < -0.3 is 19.4 Å². The van der Waals surface area contributed by atoms with Gasteiger partial charge in [0.2, 0.25) is 0 Å².